The third kappa shape index (κ3) is 4.03. The molecule has 0 spiro atoms. The number of amides is 2. The van der Waals surface area contributed by atoms with Crippen LogP contribution in [0.5, 0.6) is 0 Å². The molecule has 0 radical (unpaired) electrons. The Morgan fingerprint density at radius 2 is 1.87 bits per heavy atom. The molecule has 0 bridgehead atoms. The van der Waals surface area contributed by atoms with Crippen LogP contribution in [0.4, 0.5) is 0 Å². The van der Waals surface area contributed by atoms with Gasteiger partial charge in [0.25, 0.3) is 0 Å². The molecular formula is C17H26N4O2. The minimum Gasteiger partial charge on any atom is -0.352 e. The quantitative estimate of drug-likeness (QED) is 0.794. The summed E-state index contributed by atoms with van der Waals surface area (Å²) in [5.74, 6) is -0.0648. The lowest BCUT2D eigenvalue weighted by molar-refractivity contribution is -0.128. The smallest absolute Gasteiger partial charge is 0.237 e. The van der Waals surface area contributed by atoms with Gasteiger partial charge in [-0.15, -0.1) is 0 Å². The van der Waals surface area contributed by atoms with Gasteiger partial charge in [-0.25, -0.2) is 0 Å². The highest BCUT2D eigenvalue weighted by atomic mass is 16.2. The second kappa shape index (κ2) is 6.88. The zero-order valence-corrected chi connectivity index (χ0v) is 13.6. The Labute approximate surface area is 137 Å². The van der Waals surface area contributed by atoms with E-state index < -0.39 is 5.54 Å². The lowest BCUT2D eigenvalue weighted by Gasteiger charge is -2.32. The number of nitrogens with one attached hydrogen (secondary N) is 2. The summed E-state index contributed by atoms with van der Waals surface area (Å²) in [7, 11) is 0. The number of rotatable bonds is 5. The maximum Gasteiger partial charge on any atom is 0.237 e. The highest BCUT2D eigenvalue weighted by molar-refractivity contribution is 5.84. The Morgan fingerprint density at radius 3 is 2.52 bits per heavy atom. The highest BCUT2D eigenvalue weighted by Crippen LogP contribution is 2.28. The molecule has 2 aliphatic carbocycles. The first-order valence-corrected chi connectivity index (χ1v) is 8.89. The number of nitriles is 1. The molecule has 1 saturated heterocycles. The molecule has 2 saturated carbocycles. The minimum absolute atomic E-state index is 0.0606. The minimum atomic E-state index is -0.694. The first kappa shape index (κ1) is 16.3. The van der Waals surface area contributed by atoms with Crippen molar-refractivity contribution in [3.8, 4) is 6.07 Å². The fourth-order valence-corrected chi connectivity index (χ4v) is 3.75. The average Bonchev–Trinajstić information content (AvgIpc) is 3.24. The van der Waals surface area contributed by atoms with Crippen molar-refractivity contribution >= 4 is 11.8 Å². The molecule has 1 heterocycles. The van der Waals surface area contributed by atoms with Gasteiger partial charge in [-0.2, -0.15) is 5.26 Å². The lowest BCUT2D eigenvalue weighted by atomic mass is 9.83. The molecule has 126 valence electrons. The van der Waals surface area contributed by atoms with Crippen molar-refractivity contribution in [2.75, 3.05) is 13.1 Å². The molecule has 2 N–H and O–H groups in total. The van der Waals surface area contributed by atoms with E-state index in [-0.39, 0.29) is 24.4 Å². The second-order valence-corrected chi connectivity index (χ2v) is 7.21. The lowest BCUT2D eigenvalue weighted by Crippen LogP contribution is -2.53. The SMILES string of the molecule is N#CC1(NC(=O)CN2CCC[C@H]2C(=O)NC2CC2)CCCCC1. The Bertz CT molecular complexity index is 503. The molecule has 0 unspecified atom stereocenters. The van der Waals surface area contributed by atoms with Gasteiger partial charge < -0.3 is 10.6 Å². The molecule has 3 rings (SSSR count). The van der Waals surface area contributed by atoms with Crippen LogP contribution in [0.1, 0.15) is 57.8 Å². The molecule has 3 aliphatic rings. The van der Waals surface area contributed by atoms with Crippen LogP contribution >= 0.6 is 0 Å². The van der Waals surface area contributed by atoms with Gasteiger partial charge in [0, 0.05) is 6.04 Å². The van der Waals surface area contributed by atoms with Crippen LogP contribution in [0.15, 0.2) is 0 Å². The summed E-state index contributed by atoms with van der Waals surface area (Å²) in [6.07, 6.45) is 8.49. The van der Waals surface area contributed by atoms with E-state index in [4.69, 9.17) is 0 Å². The molecule has 2 amide bonds. The first-order chi connectivity index (χ1) is 11.1. The van der Waals surface area contributed by atoms with Gasteiger partial charge >= 0.3 is 0 Å². The monoisotopic (exact) mass is 318 g/mol. The van der Waals surface area contributed by atoms with Crippen LogP contribution in [0, 0.1) is 11.3 Å². The molecule has 1 atom stereocenters. The van der Waals surface area contributed by atoms with Crippen molar-refractivity contribution in [3.63, 3.8) is 0 Å². The van der Waals surface area contributed by atoms with E-state index in [1.807, 2.05) is 4.90 Å². The summed E-state index contributed by atoms with van der Waals surface area (Å²) < 4.78 is 0. The van der Waals surface area contributed by atoms with E-state index in [9.17, 15) is 14.9 Å². The number of carbonyl (C=O) groups excluding carboxylic acids is 2. The van der Waals surface area contributed by atoms with E-state index in [0.717, 1.165) is 64.3 Å². The van der Waals surface area contributed by atoms with E-state index >= 15 is 0 Å². The number of nitrogens with zero attached hydrogens (tertiary/aromatic N) is 2. The van der Waals surface area contributed by atoms with Crippen LogP contribution in [-0.2, 0) is 9.59 Å². The molecule has 23 heavy (non-hydrogen) atoms. The first-order valence-electron chi connectivity index (χ1n) is 8.89. The van der Waals surface area contributed by atoms with Crippen molar-refractivity contribution in [2.45, 2.75) is 75.4 Å². The zero-order chi connectivity index (χ0) is 16.3. The summed E-state index contributed by atoms with van der Waals surface area (Å²) in [4.78, 5) is 26.6. The van der Waals surface area contributed by atoms with Crippen LogP contribution in [0.25, 0.3) is 0 Å². The normalized spacial score (nSPS) is 27.2. The van der Waals surface area contributed by atoms with Crippen molar-refractivity contribution in [1.29, 1.82) is 5.26 Å². The zero-order valence-electron chi connectivity index (χ0n) is 13.6. The van der Waals surface area contributed by atoms with Gasteiger partial charge in [0.2, 0.25) is 11.8 Å². The largest absolute Gasteiger partial charge is 0.352 e. The summed E-state index contributed by atoms with van der Waals surface area (Å²) in [6, 6.07) is 2.47. The number of likely N-dealkylation sites (tertiary alicyclic amines) is 1. The molecule has 0 aromatic heterocycles. The molecule has 0 aromatic rings. The second-order valence-electron chi connectivity index (χ2n) is 7.21. The average molecular weight is 318 g/mol. The fraction of sp³-hybridized carbons (Fsp3) is 0.824. The molecule has 1 aliphatic heterocycles. The summed E-state index contributed by atoms with van der Waals surface area (Å²) in [6.45, 7) is 0.988. The standard InChI is InChI=1S/C17H26N4O2/c18-12-17(8-2-1-3-9-17)20-15(22)11-21-10-4-5-14(21)16(23)19-13-6-7-13/h13-14H,1-11H2,(H,19,23)(H,20,22)/t14-/m0/s1. The van der Waals surface area contributed by atoms with Gasteiger partial charge in [0.15, 0.2) is 0 Å². The molecular weight excluding hydrogens is 292 g/mol. The third-order valence-electron chi connectivity index (χ3n) is 5.24. The Balaban J connectivity index is 1.53. The maximum atomic E-state index is 12.4. The third-order valence-corrected chi connectivity index (χ3v) is 5.24. The van der Waals surface area contributed by atoms with E-state index in [1.165, 1.54) is 0 Å². The number of hydrogen-bond donors (Lipinski definition) is 2. The van der Waals surface area contributed by atoms with Crippen molar-refractivity contribution < 1.29 is 9.59 Å². The Hall–Kier alpha value is -1.61. The summed E-state index contributed by atoms with van der Waals surface area (Å²) >= 11 is 0. The number of carbonyl (C=O) groups is 2. The van der Waals surface area contributed by atoms with Crippen LogP contribution in [0.2, 0.25) is 0 Å². The summed E-state index contributed by atoms with van der Waals surface area (Å²) in [5.41, 5.74) is -0.694. The van der Waals surface area contributed by atoms with E-state index in [0.29, 0.717) is 6.04 Å². The van der Waals surface area contributed by atoms with Gasteiger partial charge in [-0.3, -0.25) is 14.5 Å². The van der Waals surface area contributed by atoms with Crippen molar-refractivity contribution in [1.82, 2.24) is 15.5 Å². The van der Waals surface area contributed by atoms with Crippen molar-refractivity contribution in [3.05, 3.63) is 0 Å². The summed E-state index contributed by atoms with van der Waals surface area (Å²) in [5, 5.41) is 15.4. The van der Waals surface area contributed by atoms with Crippen LogP contribution in [-0.4, -0.2) is 47.4 Å². The highest BCUT2D eigenvalue weighted by Gasteiger charge is 2.37. The van der Waals surface area contributed by atoms with E-state index in [2.05, 4.69) is 16.7 Å². The molecule has 6 nitrogen and oxygen atoms in total. The molecule has 0 aromatic carbocycles. The van der Waals surface area contributed by atoms with Gasteiger partial charge in [0.05, 0.1) is 18.7 Å². The van der Waals surface area contributed by atoms with Gasteiger partial charge in [-0.05, 0) is 45.1 Å². The van der Waals surface area contributed by atoms with E-state index in [1.54, 1.807) is 0 Å². The van der Waals surface area contributed by atoms with Gasteiger partial charge in [0.1, 0.15) is 5.54 Å². The Kier molecular flexibility index (Phi) is 4.86. The van der Waals surface area contributed by atoms with Crippen LogP contribution < -0.4 is 10.6 Å². The molecule has 6 heteroatoms. The fourth-order valence-electron chi connectivity index (χ4n) is 3.75. The maximum absolute atomic E-state index is 12.4. The van der Waals surface area contributed by atoms with Gasteiger partial charge in [-0.1, -0.05) is 19.3 Å². The molecule has 3 fully saturated rings. The Morgan fingerprint density at radius 1 is 1.13 bits per heavy atom. The predicted octanol–water partition coefficient (Wildman–Crippen LogP) is 1.07. The van der Waals surface area contributed by atoms with Crippen molar-refractivity contribution in [2.24, 2.45) is 0 Å². The number of hydrogen-bond acceptors (Lipinski definition) is 4. The van der Waals surface area contributed by atoms with Crippen LogP contribution in [0.3, 0.4) is 0 Å². The topological polar surface area (TPSA) is 85.2 Å². The predicted molar refractivity (Wildman–Crippen MR) is 85.3 cm³/mol.